The molecule has 1 heterocycles. The zero-order valence-corrected chi connectivity index (χ0v) is 7.97. The van der Waals surface area contributed by atoms with Crippen LogP contribution in [0.5, 0.6) is 0 Å². The molecule has 0 unspecified atom stereocenters. The summed E-state index contributed by atoms with van der Waals surface area (Å²) in [6, 6.07) is 1.20. The van der Waals surface area contributed by atoms with Gasteiger partial charge < -0.3 is 10.5 Å². The van der Waals surface area contributed by atoms with Crippen LogP contribution >= 0.6 is 0 Å². The third kappa shape index (κ3) is 2.19. The maximum absolute atomic E-state index is 11.3. The van der Waals surface area contributed by atoms with E-state index in [4.69, 9.17) is 5.73 Å². The number of nitro groups is 1. The Balaban J connectivity index is 3.23. The van der Waals surface area contributed by atoms with Gasteiger partial charge in [-0.3, -0.25) is 10.1 Å². The number of rotatable bonds is 3. The SMILES string of the molecule is CCOC(=O)c1ccnc(N)c1[N+](=O)[O-]. The molecule has 7 nitrogen and oxygen atoms in total. The van der Waals surface area contributed by atoms with Gasteiger partial charge in [0.15, 0.2) is 0 Å². The van der Waals surface area contributed by atoms with Gasteiger partial charge in [-0.15, -0.1) is 0 Å². The monoisotopic (exact) mass is 211 g/mol. The first-order chi connectivity index (χ1) is 7.07. The second kappa shape index (κ2) is 4.36. The Morgan fingerprint density at radius 2 is 2.40 bits per heavy atom. The predicted octanol–water partition coefficient (Wildman–Crippen LogP) is 0.749. The van der Waals surface area contributed by atoms with Crippen LogP contribution in [0.15, 0.2) is 12.3 Å². The predicted molar refractivity (Wildman–Crippen MR) is 51.3 cm³/mol. The fourth-order valence-corrected chi connectivity index (χ4v) is 1.04. The van der Waals surface area contributed by atoms with Crippen molar-refractivity contribution in [2.24, 2.45) is 0 Å². The Labute approximate surface area is 85.0 Å². The minimum absolute atomic E-state index is 0.137. The molecule has 2 N–H and O–H groups in total. The third-order valence-electron chi connectivity index (χ3n) is 1.63. The van der Waals surface area contributed by atoms with Gasteiger partial charge in [0, 0.05) is 6.20 Å². The first kappa shape index (κ1) is 10.9. The second-order valence-electron chi connectivity index (χ2n) is 2.57. The molecule has 80 valence electrons. The number of nitrogen functional groups attached to an aromatic ring is 1. The van der Waals surface area contributed by atoms with Gasteiger partial charge in [0.2, 0.25) is 5.82 Å². The van der Waals surface area contributed by atoms with E-state index in [0.29, 0.717) is 0 Å². The minimum atomic E-state index is -0.779. The molecule has 1 aromatic heterocycles. The molecule has 0 saturated heterocycles. The molecule has 0 aliphatic carbocycles. The number of nitrogens with two attached hydrogens (primary N) is 1. The van der Waals surface area contributed by atoms with Gasteiger partial charge in [0.25, 0.3) is 0 Å². The summed E-state index contributed by atoms with van der Waals surface area (Å²) in [4.78, 5) is 24.7. The number of hydrogen-bond acceptors (Lipinski definition) is 6. The first-order valence-corrected chi connectivity index (χ1v) is 4.14. The Bertz CT molecular complexity index is 405. The van der Waals surface area contributed by atoms with Gasteiger partial charge in [0.1, 0.15) is 5.56 Å². The van der Waals surface area contributed by atoms with E-state index in [-0.39, 0.29) is 18.0 Å². The van der Waals surface area contributed by atoms with Crippen LogP contribution in [0.25, 0.3) is 0 Å². The molecule has 0 bridgehead atoms. The highest BCUT2D eigenvalue weighted by atomic mass is 16.6. The molecule has 0 aliphatic rings. The fourth-order valence-electron chi connectivity index (χ4n) is 1.04. The lowest BCUT2D eigenvalue weighted by molar-refractivity contribution is -0.384. The number of aromatic nitrogens is 1. The van der Waals surface area contributed by atoms with Crippen molar-refractivity contribution in [1.82, 2.24) is 4.98 Å². The van der Waals surface area contributed by atoms with E-state index >= 15 is 0 Å². The van der Waals surface area contributed by atoms with Crippen LogP contribution < -0.4 is 5.73 Å². The molecule has 0 radical (unpaired) electrons. The molecule has 7 heteroatoms. The zero-order chi connectivity index (χ0) is 11.4. The summed E-state index contributed by atoms with van der Waals surface area (Å²) in [6.45, 7) is 1.74. The molecule has 1 rings (SSSR count). The van der Waals surface area contributed by atoms with Crippen LogP contribution in [0, 0.1) is 10.1 Å². The molecule has 0 spiro atoms. The van der Waals surface area contributed by atoms with Crippen molar-refractivity contribution < 1.29 is 14.5 Å². The van der Waals surface area contributed by atoms with Crippen molar-refractivity contribution in [1.29, 1.82) is 0 Å². The van der Waals surface area contributed by atoms with Crippen LogP contribution in [-0.4, -0.2) is 22.5 Å². The number of nitrogens with zero attached hydrogens (tertiary/aromatic N) is 2. The third-order valence-corrected chi connectivity index (χ3v) is 1.63. The summed E-state index contributed by atoms with van der Waals surface area (Å²) in [7, 11) is 0. The van der Waals surface area contributed by atoms with Gasteiger partial charge in [-0.25, -0.2) is 9.78 Å². The van der Waals surface area contributed by atoms with Gasteiger partial charge in [0.05, 0.1) is 11.5 Å². The Hall–Kier alpha value is -2.18. The fraction of sp³-hybridized carbons (Fsp3) is 0.250. The van der Waals surface area contributed by atoms with E-state index in [1.54, 1.807) is 6.92 Å². The Kier molecular flexibility index (Phi) is 3.17. The standard InChI is InChI=1S/C8H9N3O4/c1-2-15-8(12)5-3-4-10-7(9)6(5)11(13)14/h3-4H,2H2,1H3,(H2,9,10). The van der Waals surface area contributed by atoms with Crippen molar-refractivity contribution in [3.8, 4) is 0 Å². The molecule has 0 atom stereocenters. The van der Waals surface area contributed by atoms with Crippen molar-refractivity contribution >= 4 is 17.5 Å². The Morgan fingerprint density at radius 1 is 1.73 bits per heavy atom. The molecule has 0 fully saturated rings. The van der Waals surface area contributed by atoms with Crippen molar-refractivity contribution in [3.63, 3.8) is 0 Å². The number of anilines is 1. The van der Waals surface area contributed by atoms with Crippen molar-refractivity contribution in [3.05, 3.63) is 27.9 Å². The highest BCUT2D eigenvalue weighted by Crippen LogP contribution is 2.24. The van der Waals surface area contributed by atoms with Crippen LogP contribution in [0.2, 0.25) is 0 Å². The second-order valence-corrected chi connectivity index (χ2v) is 2.57. The quantitative estimate of drug-likeness (QED) is 0.449. The number of hydrogen-bond donors (Lipinski definition) is 1. The van der Waals surface area contributed by atoms with Crippen LogP contribution in [-0.2, 0) is 4.74 Å². The lowest BCUT2D eigenvalue weighted by Gasteiger charge is -2.03. The van der Waals surface area contributed by atoms with Crippen molar-refractivity contribution in [2.75, 3.05) is 12.3 Å². The van der Waals surface area contributed by atoms with E-state index < -0.39 is 16.6 Å². The minimum Gasteiger partial charge on any atom is -0.462 e. The summed E-state index contributed by atoms with van der Waals surface area (Å²) in [5, 5.41) is 10.6. The van der Waals surface area contributed by atoms with Crippen LogP contribution in [0.3, 0.4) is 0 Å². The molecule has 0 aliphatic heterocycles. The summed E-state index contributed by atoms with van der Waals surface area (Å²) >= 11 is 0. The van der Waals surface area contributed by atoms with Crippen LogP contribution in [0.1, 0.15) is 17.3 Å². The summed E-state index contributed by atoms with van der Waals surface area (Å²) in [6.07, 6.45) is 1.22. The van der Waals surface area contributed by atoms with Crippen LogP contribution in [0.4, 0.5) is 11.5 Å². The molecular formula is C8H9N3O4. The summed E-state index contributed by atoms with van der Waals surface area (Å²) in [5.41, 5.74) is 4.59. The molecule has 0 amide bonds. The normalized spacial score (nSPS) is 9.67. The molecular weight excluding hydrogens is 202 g/mol. The zero-order valence-electron chi connectivity index (χ0n) is 7.97. The first-order valence-electron chi connectivity index (χ1n) is 4.14. The smallest absolute Gasteiger partial charge is 0.345 e. The van der Waals surface area contributed by atoms with E-state index in [9.17, 15) is 14.9 Å². The number of esters is 1. The summed E-state index contributed by atoms with van der Waals surface area (Å²) < 4.78 is 4.65. The molecule has 1 aromatic rings. The number of carbonyl (C=O) groups is 1. The molecule has 0 saturated carbocycles. The highest BCUT2D eigenvalue weighted by molar-refractivity contribution is 5.95. The molecule has 15 heavy (non-hydrogen) atoms. The van der Waals surface area contributed by atoms with E-state index in [2.05, 4.69) is 9.72 Å². The lowest BCUT2D eigenvalue weighted by Crippen LogP contribution is -2.10. The number of ether oxygens (including phenoxy) is 1. The van der Waals surface area contributed by atoms with E-state index in [1.165, 1.54) is 12.3 Å². The average Bonchev–Trinajstić information content (AvgIpc) is 2.17. The topological polar surface area (TPSA) is 108 Å². The molecule has 0 aromatic carbocycles. The van der Waals surface area contributed by atoms with E-state index in [1.807, 2.05) is 0 Å². The average molecular weight is 211 g/mol. The lowest BCUT2D eigenvalue weighted by atomic mass is 10.2. The van der Waals surface area contributed by atoms with Gasteiger partial charge in [-0.2, -0.15) is 0 Å². The maximum Gasteiger partial charge on any atom is 0.345 e. The summed E-state index contributed by atoms with van der Waals surface area (Å²) in [5.74, 6) is -1.08. The highest BCUT2D eigenvalue weighted by Gasteiger charge is 2.24. The van der Waals surface area contributed by atoms with Gasteiger partial charge in [-0.05, 0) is 13.0 Å². The largest absolute Gasteiger partial charge is 0.462 e. The van der Waals surface area contributed by atoms with Gasteiger partial charge >= 0.3 is 11.7 Å². The van der Waals surface area contributed by atoms with Gasteiger partial charge in [-0.1, -0.05) is 0 Å². The van der Waals surface area contributed by atoms with Crippen molar-refractivity contribution in [2.45, 2.75) is 6.92 Å². The van der Waals surface area contributed by atoms with E-state index in [0.717, 1.165) is 0 Å². The Morgan fingerprint density at radius 3 is 2.93 bits per heavy atom. The maximum atomic E-state index is 11.3. The number of pyridine rings is 1. The number of carbonyl (C=O) groups excluding carboxylic acids is 1.